The average Bonchev–Trinajstić information content (AvgIpc) is 2.61. The Kier molecular flexibility index (Phi) is 8.17. The summed E-state index contributed by atoms with van der Waals surface area (Å²) < 4.78 is 26.9. The second-order valence-electron chi connectivity index (χ2n) is 8.43. The first kappa shape index (κ1) is 22.2. The molecule has 0 amide bonds. The Morgan fingerprint density at radius 3 is 2.63 bits per heavy atom. The van der Waals surface area contributed by atoms with Gasteiger partial charge in [-0.05, 0) is 61.4 Å². The molecule has 1 heterocycles. The normalized spacial score (nSPS) is 24.1. The topological polar surface area (TPSA) is 49.4 Å². The minimum Gasteiger partial charge on any atom is -0.303 e. The molecule has 154 valence electrons. The monoisotopic (exact) mass is 394 g/mol. The zero-order valence-electron chi connectivity index (χ0n) is 17.6. The van der Waals surface area contributed by atoms with Crippen LogP contribution in [0, 0.1) is 5.92 Å². The van der Waals surface area contributed by atoms with Crippen molar-refractivity contribution in [2.45, 2.75) is 71.6 Å². The molecule has 0 aliphatic carbocycles. The summed E-state index contributed by atoms with van der Waals surface area (Å²) in [5.74, 6) is 0.706. The van der Waals surface area contributed by atoms with Gasteiger partial charge in [-0.2, -0.15) is 0 Å². The summed E-state index contributed by atoms with van der Waals surface area (Å²) in [6, 6.07) is 8.04. The van der Waals surface area contributed by atoms with Crippen LogP contribution in [0.5, 0.6) is 0 Å². The lowest BCUT2D eigenvalue weighted by atomic mass is 9.68. The van der Waals surface area contributed by atoms with Crippen LogP contribution in [-0.2, 0) is 15.4 Å². The van der Waals surface area contributed by atoms with Crippen LogP contribution < -0.4 is 4.72 Å². The van der Waals surface area contributed by atoms with Crippen molar-refractivity contribution in [2.75, 3.05) is 30.1 Å². The molecule has 1 N–H and O–H groups in total. The fourth-order valence-electron chi connectivity index (χ4n) is 4.15. The van der Waals surface area contributed by atoms with Gasteiger partial charge in [-0.1, -0.05) is 59.1 Å². The Morgan fingerprint density at radius 2 is 1.96 bits per heavy atom. The van der Waals surface area contributed by atoms with Crippen LogP contribution in [0.25, 0.3) is 0 Å². The summed E-state index contributed by atoms with van der Waals surface area (Å²) in [6.45, 7) is 12.3. The molecule has 1 aliphatic heterocycles. The van der Waals surface area contributed by atoms with E-state index in [1.165, 1.54) is 37.8 Å². The number of hydrogen-bond acceptors (Lipinski definition) is 3. The van der Waals surface area contributed by atoms with Crippen molar-refractivity contribution in [1.82, 2.24) is 4.90 Å². The predicted molar refractivity (Wildman–Crippen MR) is 116 cm³/mol. The zero-order valence-corrected chi connectivity index (χ0v) is 18.4. The molecule has 1 aromatic carbocycles. The first-order chi connectivity index (χ1) is 12.8. The minimum atomic E-state index is -3.25. The molecule has 0 spiro atoms. The molecular weight excluding hydrogens is 356 g/mol. The highest BCUT2D eigenvalue weighted by Gasteiger charge is 2.37. The number of rotatable bonds is 10. The Balaban J connectivity index is 2.04. The van der Waals surface area contributed by atoms with E-state index in [4.69, 9.17) is 0 Å². The van der Waals surface area contributed by atoms with Crippen LogP contribution in [0.4, 0.5) is 5.69 Å². The number of anilines is 1. The molecule has 2 rings (SSSR count). The molecule has 1 aromatic rings. The summed E-state index contributed by atoms with van der Waals surface area (Å²) in [5, 5.41) is 0. The van der Waals surface area contributed by atoms with E-state index in [-0.39, 0.29) is 11.2 Å². The predicted octanol–water partition coefficient (Wildman–Crippen LogP) is 5.02. The van der Waals surface area contributed by atoms with Gasteiger partial charge in [0.05, 0.1) is 5.75 Å². The number of hydrogen-bond donors (Lipinski definition) is 1. The maximum absolute atomic E-state index is 12.1. The van der Waals surface area contributed by atoms with Crippen molar-refractivity contribution < 1.29 is 8.42 Å². The fourth-order valence-corrected chi connectivity index (χ4v) is 5.27. The van der Waals surface area contributed by atoms with Crippen molar-refractivity contribution in [3.8, 4) is 0 Å². The standard InChI is InChI=1S/C22H38N2O2S/c1-5-7-8-9-14-24-15-13-22(4,19(3)18-24)20-11-10-12-21(17-20)23-27(25,26)16-6-2/h10-12,17,19,23H,5-9,13-16,18H2,1-4H3/t19-,22-/m0/s1. The van der Waals surface area contributed by atoms with E-state index in [2.05, 4.69) is 36.5 Å². The third-order valence-electron chi connectivity index (χ3n) is 6.16. The molecule has 5 heteroatoms. The van der Waals surface area contributed by atoms with Crippen molar-refractivity contribution in [3.05, 3.63) is 29.8 Å². The summed E-state index contributed by atoms with van der Waals surface area (Å²) in [5.41, 5.74) is 2.03. The van der Waals surface area contributed by atoms with Crippen LogP contribution in [0.1, 0.15) is 71.8 Å². The lowest BCUT2D eigenvalue weighted by Crippen LogP contribution is -2.47. The van der Waals surface area contributed by atoms with Crippen LogP contribution in [-0.4, -0.2) is 38.7 Å². The highest BCUT2D eigenvalue weighted by atomic mass is 32.2. The molecule has 27 heavy (non-hydrogen) atoms. The van der Waals surface area contributed by atoms with Gasteiger partial charge in [-0.3, -0.25) is 4.72 Å². The van der Waals surface area contributed by atoms with E-state index >= 15 is 0 Å². The molecule has 0 saturated carbocycles. The number of piperidine rings is 1. The highest BCUT2D eigenvalue weighted by molar-refractivity contribution is 7.92. The zero-order chi connectivity index (χ0) is 19.9. The molecule has 2 atom stereocenters. The van der Waals surface area contributed by atoms with E-state index in [1.807, 2.05) is 25.1 Å². The van der Waals surface area contributed by atoms with Crippen LogP contribution in [0.3, 0.4) is 0 Å². The third kappa shape index (κ3) is 6.21. The van der Waals surface area contributed by atoms with Gasteiger partial charge in [-0.15, -0.1) is 0 Å². The number of nitrogens with zero attached hydrogens (tertiary/aromatic N) is 1. The van der Waals surface area contributed by atoms with E-state index in [0.717, 1.165) is 19.5 Å². The summed E-state index contributed by atoms with van der Waals surface area (Å²) in [6.07, 6.45) is 6.99. The molecule has 1 saturated heterocycles. The lowest BCUT2D eigenvalue weighted by Gasteiger charge is -2.45. The van der Waals surface area contributed by atoms with Gasteiger partial charge in [0, 0.05) is 12.2 Å². The molecular formula is C22H38N2O2S. The number of sulfonamides is 1. The van der Waals surface area contributed by atoms with Crippen molar-refractivity contribution in [1.29, 1.82) is 0 Å². The maximum atomic E-state index is 12.1. The Labute approximate surface area is 166 Å². The van der Waals surface area contributed by atoms with Gasteiger partial charge < -0.3 is 4.90 Å². The fraction of sp³-hybridized carbons (Fsp3) is 0.727. The van der Waals surface area contributed by atoms with Gasteiger partial charge in [0.1, 0.15) is 0 Å². The molecule has 0 aromatic heterocycles. The lowest BCUT2D eigenvalue weighted by molar-refractivity contribution is 0.109. The van der Waals surface area contributed by atoms with E-state index in [1.54, 1.807) is 0 Å². The second kappa shape index (κ2) is 9.92. The van der Waals surface area contributed by atoms with Crippen molar-refractivity contribution in [3.63, 3.8) is 0 Å². The van der Waals surface area contributed by atoms with Crippen LogP contribution in [0.2, 0.25) is 0 Å². The Morgan fingerprint density at radius 1 is 1.19 bits per heavy atom. The smallest absolute Gasteiger partial charge is 0.232 e. The van der Waals surface area contributed by atoms with Gasteiger partial charge in [0.25, 0.3) is 0 Å². The molecule has 4 nitrogen and oxygen atoms in total. The largest absolute Gasteiger partial charge is 0.303 e. The number of benzene rings is 1. The minimum absolute atomic E-state index is 0.0894. The quantitative estimate of drug-likeness (QED) is 0.567. The molecule has 1 fully saturated rings. The molecule has 0 radical (unpaired) electrons. The van der Waals surface area contributed by atoms with E-state index < -0.39 is 10.0 Å². The molecule has 0 unspecified atom stereocenters. The summed E-state index contributed by atoms with van der Waals surface area (Å²) in [4.78, 5) is 2.61. The maximum Gasteiger partial charge on any atom is 0.232 e. The Bertz CT molecular complexity index is 689. The molecule has 0 bridgehead atoms. The van der Waals surface area contributed by atoms with Gasteiger partial charge >= 0.3 is 0 Å². The van der Waals surface area contributed by atoms with E-state index in [0.29, 0.717) is 18.0 Å². The van der Waals surface area contributed by atoms with Gasteiger partial charge in [0.2, 0.25) is 10.0 Å². The Hall–Kier alpha value is -1.07. The van der Waals surface area contributed by atoms with E-state index in [9.17, 15) is 8.42 Å². The van der Waals surface area contributed by atoms with Crippen molar-refractivity contribution in [2.24, 2.45) is 5.92 Å². The third-order valence-corrected chi connectivity index (χ3v) is 7.66. The summed E-state index contributed by atoms with van der Waals surface area (Å²) >= 11 is 0. The number of unbranched alkanes of at least 4 members (excludes halogenated alkanes) is 3. The first-order valence-corrected chi connectivity index (χ1v) is 12.3. The average molecular weight is 395 g/mol. The van der Waals surface area contributed by atoms with Crippen LogP contribution in [0.15, 0.2) is 24.3 Å². The SMILES string of the molecule is CCCCCCN1CC[C@](C)(c2cccc(NS(=O)(=O)CCC)c2)[C@@H](C)C1. The second-order valence-corrected chi connectivity index (χ2v) is 10.3. The highest BCUT2D eigenvalue weighted by Crippen LogP contribution is 2.40. The van der Waals surface area contributed by atoms with Crippen LogP contribution >= 0.6 is 0 Å². The number of likely N-dealkylation sites (tertiary alicyclic amines) is 1. The number of nitrogens with one attached hydrogen (secondary N) is 1. The first-order valence-electron chi connectivity index (χ1n) is 10.6. The van der Waals surface area contributed by atoms with Gasteiger partial charge in [-0.25, -0.2) is 8.42 Å². The summed E-state index contributed by atoms with van der Waals surface area (Å²) in [7, 11) is -3.25. The van der Waals surface area contributed by atoms with Gasteiger partial charge in [0.15, 0.2) is 0 Å². The van der Waals surface area contributed by atoms with Crippen molar-refractivity contribution >= 4 is 15.7 Å². The molecule has 1 aliphatic rings.